The fourth-order valence-electron chi connectivity index (χ4n) is 4.15. The highest BCUT2D eigenvalue weighted by Crippen LogP contribution is 2.32. The number of benzene rings is 1. The van der Waals surface area contributed by atoms with Gasteiger partial charge in [0.05, 0.1) is 6.04 Å². The molecular weight excluding hydrogens is 302 g/mol. The number of hydrogen-bond donors (Lipinski definition) is 3. The Bertz CT molecular complexity index is 623. The highest BCUT2D eigenvalue weighted by molar-refractivity contribution is 5.87. The quantitative estimate of drug-likeness (QED) is 0.742. The first kappa shape index (κ1) is 16.8. The Kier molecular flexibility index (Phi) is 5.07. The van der Waals surface area contributed by atoms with Gasteiger partial charge < -0.3 is 16.4 Å². The number of nitrogens with one attached hydrogen (secondary N) is 2. The number of fused-ring (bicyclic) bond motifs is 1. The Labute approximate surface area is 143 Å². The first-order valence-corrected chi connectivity index (χ1v) is 9.00. The van der Waals surface area contributed by atoms with Gasteiger partial charge in [-0.05, 0) is 61.3 Å². The van der Waals surface area contributed by atoms with Crippen molar-refractivity contribution in [2.24, 2.45) is 5.92 Å². The molecule has 0 spiro atoms. The van der Waals surface area contributed by atoms with Crippen LogP contribution in [0.2, 0.25) is 0 Å². The molecule has 1 saturated carbocycles. The summed E-state index contributed by atoms with van der Waals surface area (Å²) in [6.45, 7) is 1.48. The lowest BCUT2D eigenvalue weighted by molar-refractivity contribution is -0.130. The van der Waals surface area contributed by atoms with Gasteiger partial charge in [-0.2, -0.15) is 0 Å². The molecule has 5 nitrogen and oxygen atoms in total. The Balaban J connectivity index is 1.74. The smallest absolute Gasteiger partial charge is 0.243 e. The molecule has 1 aromatic carbocycles. The monoisotopic (exact) mass is 329 g/mol. The zero-order valence-electron chi connectivity index (χ0n) is 14.3. The van der Waals surface area contributed by atoms with E-state index >= 15 is 0 Å². The lowest BCUT2D eigenvalue weighted by Gasteiger charge is -2.30. The molecule has 2 unspecified atom stereocenters. The molecule has 0 saturated heterocycles. The molecule has 0 bridgehead atoms. The van der Waals surface area contributed by atoms with E-state index in [-0.39, 0.29) is 23.8 Å². The number of anilines is 1. The molecule has 4 N–H and O–H groups in total. The van der Waals surface area contributed by atoms with Crippen molar-refractivity contribution >= 4 is 17.5 Å². The van der Waals surface area contributed by atoms with E-state index in [9.17, 15) is 9.59 Å². The van der Waals surface area contributed by atoms with Crippen LogP contribution in [-0.4, -0.2) is 17.9 Å². The molecule has 0 aromatic heterocycles. The average molecular weight is 329 g/mol. The zero-order chi connectivity index (χ0) is 17.1. The minimum absolute atomic E-state index is 0.0134. The molecule has 24 heavy (non-hydrogen) atoms. The lowest BCUT2D eigenvalue weighted by atomic mass is 9.86. The summed E-state index contributed by atoms with van der Waals surface area (Å²) in [6, 6.07) is 5.53. The zero-order valence-corrected chi connectivity index (χ0v) is 14.3. The van der Waals surface area contributed by atoms with Crippen molar-refractivity contribution < 1.29 is 9.59 Å². The maximum absolute atomic E-state index is 12.9. The predicted molar refractivity (Wildman–Crippen MR) is 94.2 cm³/mol. The number of nitrogen functional groups attached to an aromatic ring is 1. The predicted octanol–water partition coefficient (Wildman–Crippen LogP) is 2.46. The second-order valence-corrected chi connectivity index (χ2v) is 7.13. The molecule has 130 valence electrons. The molecule has 2 atom stereocenters. The van der Waals surface area contributed by atoms with Crippen LogP contribution in [0.3, 0.4) is 0 Å². The van der Waals surface area contributed by atoms with Gasteiger partial charge in [0.2, 0.25) is 11.8 Å². The maximum Gasteiger partial charge on any atom is 0.243 e. The van der Waals surface area contributed by atoms with Crippen molar-refractivity contribution in [1.29, 1.82) is 0 Å². The van der Waals surface area contributed by atoms with Crippen LogP contribution in [0.15, 0.2) is 18.2 Å². The van der Waals surface area contributed by atoms with E-state index in [1.807, 2.05) is 18.2 Å². The van der Waals surface area contributed by atoms with Crippen molar-refractivity contribution in [3.8, 4) is 0 Å². The molecule has 0 aliphatic heterocycles. The normalized spacial score (nSPS) is 21.8. The standard InChI is InChI=1S/C19H27N3O2/c1-12(23)21-18(13-5-2-3-6-13)19(24)22-17-8-4-7-14-11-15(20)9-10-16(14)17/h9-11,13,17-18H,2-8,20H2,1H3,(H,21,23)(H,22,24). The van der Waals surface area contributed by atoms with Crippen molar-refractivity contribution in [3.63, 3.8) is 0 Å². The summed E-state index contributed by atoms with van der Waals surface area (Å²) in [7, 11) is 0. The Morgan fingerprint density at radius 3 is 2.62 bits per heavy atom. The largest absolute Gasteiger partial charge is 0.399 e. The van der Waals surface area contributed by atoms with E-state index in [0.717, 1.165) is 56.2 Å². The third-order valence-corrected chi connectivity index (χ3v) is 5.31. The molecule has 0 radical (unpaired) electrons. The number of nitrogens with two attached hydrogens (primary N) is 1. The van der Waals surface area contributed by atoms with E-state index in [2.05, 4.69) is 10.6 Å². The van der Waals surface area contributed by atoms with Gasteiger partial charge in [-0.25, -0.2) is 0 Å². The van der Waals surface area contributed by atoms with E-state index < -0.39 is 6.04 Å². The topological polar surface area (TPSA) is 84.2 Å². The first-order chi connectivity index (χ1) is 11.5. The molecule has 1 fully saturated rings. The molecule has 5 heteroatoms. The van der Waals surface area contributed by atoms with Crippen LogP contribution in [0.1, 0.15) is 62.6 Å². The van der Waals surface area contributed by atoms with Crippen LogP contribution >= 0.6 is 0 Å². The van der Waals surface area contributed by atoms with Crippen LogP contribution in [0, 0.1) is 5.92 Å². The average Bonchev–Trinajstić information content (AvgIpc) is 3.06. The molecule has 2 amide bonds. The van der Waals surface area contributed by atoms with Crippen LogP contribution < -0.4 is 16.4 Å². The van der Waals surface area contributed by atoms with E-state index in [1.54, 1.807) is 0 Å². The SMILES string of the molecule is CC(=O)NC(C(=O)NC1CCCc2cc(N)ccc21)C1CCCC1. The van der Waals surface area contributed by atoms with E-state index in [0.29, 0.717) is 0 Å². The molecule has 3 rings (SSSR count). The number of amides is 2. The molecule has 1 aromatic rings. The third kappa shape index (κ3) is 3.71. The highest BCUT2D eigenvalue weighted by Gasteiger charge is 2.33. The summed E-state index contributed by atoms with van der Waals surface area (Å²) in [5, 5.41) is 6.06. The number of rotatable bonds is 4. The summed E-state index contributed by atoms with van der Waals surface area (Å²) in [4.78, 5) is 24.4. The number of aryl methyl sites for hydroxylation is 1. The summed E-state index contributed by atoms with van der Waals surface area (Å²) >= 11 is 0. The van der Waals surface area contributed by atoms with E-state index in [4.69, 9.17) is 5.73 Å². The summed E-state index contributed by atoms with van der Waals surface area (Å²) in [5.74, 6) is 0.0639. The van der Waals surface area contributed by atoms with Crippen LogP contribution in [-0.2, 0) is 16.0 Å². The Hall–Kier alpha value is -2.04. The van der Waals surface area contributed by atoms with Crippen molar-refractivity contribution in [1.82, 2.24) is 10.6 Å². The third-order valence-electron chi connectivity index (χ3n) is 5.31. The van der Waals surface area contributed by atoms with Crippen LogP contribution in [0.25, 0.3) is 0 Å². The van der Waals surface area contributed by atoms with Gasteiger partial charge in [-0.3, -0.25) is 9.59 Å². The van der Waals surface area contributed by atoms with Gasteiger partial charge in [0.15, 0.2) is 0 Å². The first-order valence-electron chi connectivity index (χ1n) is 9.00. The molecule has 2 aliphatic carbocycles. The van der Waals surface area contributed by atoms with Crippen molar-refractivity contribution in [2.75, 3.05) is 5.73 Å². The van der Waals surface area contributed by atoms with Gasteiger partial charge in [0.25, 0.3) is 0 Å². The van der Waals surface area contributed by atoms with Crippen LogP contribution in [0.4, 0.5) is 5.69 Å². The number of carbonyl (C=O) groups excluding carboxylic acids is 2. The number of hydrogen-bond acceptors (Lipinski definition) is 3. The van der Waals surface area contributed by atoms with Gasteiger partial charge in [-0.1, -0.05) is 18.9 Å². The Morgan fingerprint density at radius 2 is 1.92 bits per heavy atom. The maximum atomic E-state index is 12.9. The lowest BCUT2D eigenvalue weighted by Crippen LogP contribution is -2.50. The van der Waals surface area contributed by atoms with Crippen molar-refractivity contribution in [2.45, 2.75) is 64.0 Å². The number of carbonyl (C=O) groups is 2. The fraction of sp³-hybridized carbons (Fsp3) is 0.579. The summed E-state index contributed by atoms with van der Waals surface area (Å²) in [5.41, 5.74) is 9.04. The second-order valence-electron chi connectivity index (χ2n) is 7.13. The van der Waals surface area contributed by atoms with Gasteiger partial charge in [-0.15, -0.1) is 0 Å². The molecule has 0 heterocycles. The van der Waals surface area contributed by atoms with Crippen molar-refractivity contribution in [3.05, 3.63) is 29.3 Å². The Morgan fingerprint density at radius 1 is 1.17 bits per heavy atom. The molecule has 2 aliphatic rings. The van der Waals surface area contributed by atoms with E-state index in [1.165, 1.54) is 12.5 Å². The molecular formula is C19H27N3O2. The van der Waals surface area contributed by atoms with Gasteiger partial charge in [0.1, 0.15) is 6.04 Å². The minimum Gasteiger partial charge on any atom is -0.399 e. The fourth-order valence-corrected chi connectivity index (χ4v) is 4.15. The second kappa shape index (κ2) is 7.24. The summed E-state index contributed by atoms with van der Waals surface area (Å²) < 4.78 is 0. The minimum atomic E-state index is -0.413. The highest BCUT2D eigenvalue weighted by atomic mass is 16.2. The van der Waals surface area contributed by atoms with Gasteiger partial charge >= 0.3 is 0 Å². The summed E-state index contributed by atoms with van der Waals surface area (Å²) in [6.07, 6.45) is 7.27. The van der Waals surface area contributed by atoms with Gasteiger partial charge in [0, 0.05) is 12.6 Å². The van der Waals surface area contributed by atoms with Crippen LogP contribution in [0.5, 0.6) is 0 Å².